The van der Waals surface area contributed by atoms with Crippen molar-refractivity contribution in [3.05, 3.63) is 65.2 Å². The summed E-state index contributed by atoms with van der Waals surface area (Å²) in [5.74, 6) is 0.824. The second-order valence-electron chi connectivity index (χ2n) is 6.79. The van der Waals surface area contributed by atoms with Crippen molar-refractivity contribution < 1.29 is 9.59 Å². The molecule has 1 spiro atoms. The van der Waals surface area contributed by atoms with E-state index in [9.17, 15) is 9.59 Å². The molecule has 0 saturated carbocycles. The normalized spacial score (nSPS) is 21.5. The Balaban J connectivity index is 1.79. The van der Waals surface area contributed by atoms with Crippen LogP contribution in [0.15, 0.2) is 48.5 Å². The van der Waals surface area contributed by atoms with E-state index >= 15 is 0 Å². The number of amides is 2. The predicted octanol–water partition coefficient (Wildman–Crippen LogP) is 3.68. The van der Waals surface area contributed by atoms with Crippen LogP contribution in [-0.2, 0) is 21.0 Å². The fraction of sp³-hybridized carbons (Fsp3) is 0.333. The van der Waals surface area contributed by atoms with Gasteiger partial charge in [-0.15, -0.1) is 11.8 Å². The second kappa shape index (κ2) is 6.47. The molecule has 2 heterocycles. The van der Waals surface area contributed by atoms with Crippen molar-refractivity contribution in [2.24, 2.45) is 0 Å². The molecule has 0 unspecified atom stereocenters. The van der Waals surface area contributed by atoms with E-state index in [2.05, 4.69) is 19.1 Å². The molecule has 0 aromatic heterocycles. The summed E-state index contributed by atoms with van der Waals surface area (Å²) in [6.45, 7) is 5.05. The monoisotopic (exact) mass is 366 g/mol. The van der Waals surface area contributed by atoms with Crippen LogP contribution in [0, 0.1) is 6.92 Å². The zero-order chi connectivity index (χ0) is 18.3. The first-order valence-electron chi connectivity index (χ1n) is 8.99. The Bertz CT molecular complexity index is 882. The van der Waals surface area contributed by atoms with Gasteiger partial charge in [0.2, 0.25) is 5.91 Å². The van der Waals surface area contributed by atoms with Gasteiger partial charge in [-0.3, -0.25) is 9.59 Å². The molecule has 0 bridgehead atoms. The van der Waals surface area contributed by atoms with Crippen molar-refractivity contribution in [1.29, 1.82) is 0 Å². The first-order valence-corrected chi connectivity index (χ1v) is 9.98. The molecule has 2 aromatic carbocycles. The van der Waals surface area contributed by atoms with Crippen molar-refractivity contribution in [3.8, 4) is 0 Å². The number of carbonyl (C=O) groups excluding carboxylic acids is 2. The molecular formula is C21H22N2O2S. The van der Waals surface area contributed by atoms with Crippen LogP contribution in [0.4, 0.5) is 5.69 Å². The number of hydrogen-bond acceptors (Lipinski definition) is 3. The fourth-order valence-electron chi connectivity index (χ4n) is 3.96. The van der Waals surface area contributed by atoms with Gasteiger partial charge < -0.3 is 9.80 Å². The summed E-state index contributed by atoms with van der Waals surface area (Å²) >= 11 is 1.59. The van der Waals surface area contributed by atoms with Gasteiger partial charge in [-0.1, -0.05) is 55.0 Å². The van der Waals surface area contributed by atoms with Crippen LogP contribution in [0.5, 0.6) is 0 Å². The number of thioether (sulfide) groups is 1. The van der Waals surface area contributed by atoms with Crippen molar-refractivity contribution in [1.82, 2.24) is 4.90 Å². The van der Waals surface area contributed by atoms with Gasteiger partial charge in [0.25, 0.3) is 5.91 Å². The molecule has 26 heavy (non-hydrogen) atoms. The minimum atomic E-state index is -0.895. The topological polar surface area (TPSA) is 40.6 Å². The highest BCUT2D eigenvalue weighted by atomic mass is 32.2. The van der Waals surface area contributed by atoms with Crippen LogP contribution in [0.25, 0.3) is 0 Å². The fourth-order valence-corrected chi connectivity index (χ4v) is 5.44. The Morgan fingerprint density at radius 1 is 1.19 bits per heavy atom. The first-order chi connectivity index (χ1) is 12.6. The number of para-hydroxylation sites is 1. The summed E-state index contributed by atoms with van der Waals surface area (Å²) in [5.41, 5.74) is 4.14. The number of rotatable bonds is 3. The van der Waals surface area contributed by atoms with Crippen LogP contribution < -0.4 is 4.90 Å². The number of anilines is 1. The molecule has 0 radical (unpaired) electrons. The Labute approximate surface area is 158 Å². The zero-order valence-corrected chi connectivity index (χ0v) is 15.9. The smallest absolute Gasteiger partial charge is 0.268 e. The van der Waals surface area contributed by atoms with Gasteiger partial charge in [0.15, 0.2) is 4.87 Å². The molecule has 0 aliphatic carbocycles. The molecule has 2 aliphatic heterocycles. The Morgan fingerprint density at radius 3 is 2.77 bits per heavy atom. The Morgan fingerprint density at radius 2 is 2.00 bits per heavy atom. The van der Waals surface area contributed by atoms with Crippen molar-refractivity contribution in [3.63, 3.8) is 0 Å². The first kappa shape index (κ1) is 17.2. The number of aryl methyl sites for hydroxylation is 1. The summed E-state index contributed by atoms with van der Waals surface area (Å²) in [5, 5.41) is 0. The lowest BCUT2D eigenvalue weighted by Gasteiger charge is -2.33. The summed E-state index contributed by atoms with van der Waals surface area (Å²) in [7, 11) is 0. The third-order valence-electron chi connectivity index (χ3n) is 5.13. The maximum absolute atomic E-state index is 13.6. The minimum absolute atomic E-state index is 0.00417. The van der Waals surface area contributed by atoms with E-state index in [1.165, 1.54) is 5.56 Å². The van der Waals surface area contributed by atoms with Crippen LogP contribution in [0.1, 0.15) is 30.0 Å². The molecule has 1 saturated heterocycles. The quantitative estimate of drug-likeness (QED) is 0.832. The van der Waals surface area contributed by atoms with Crippen LogP contribution in [0.2, 0.25) is 0 Å². The highest BCUT2D eigenvalue weighted by Gasteiger charge is 2.58. The average molecular weight is 366 g/mol. The number of fused-ring (bicyclic) bond motifs is 2. The Kier molecular flexibility index (Phi) is 4.27. The SMILES string of the molecule is CCC(=O)N1CCS[C@@]12C(=O)N(Cc1cccc(C)c1)c1ccccc12. The molecule has 2 aliphatic rings. The molecule has 2 aromatic rings. The number of benzene rings is 2. The van der Waals surface area contributed by atoms with Gasteiger partial charge in [0.1, 0.15) is 0 Å². The average Bonchev–Trinajstić information content (AvgIpc) is 3.19. The molecule has 2 amide bonds. The molecule has 4 nitrogen and oxygen atoms in total. The third kappa shape index (κ3) is 2.45. The highest BCUT2D eigenvalue weighted by molar-refractivity contribution is 8.01. The van der Waals surface area contributed by atoms with E-state index in [1.54, 1.807) is 16.7 Å². The molecule has 5 heteroatoms. The van der Waals surface area contributed by atoms with Gasteiger partial charge in [-0.25, -0.2) is 0 Å². The molecule has 4 rings (SSSR count). The van der Waals surface area contributed by atoms with Crippen LogP contribution >= 0.6 is 11.8 Å². The van der Waals surface area contributed by atoms with E-state index in [-0.39, 0.29) is 11.8 Å². The lowest BCUT2D eigenvalue weighted by molar-refractivity contribution is -0.139. The number of nitrogens with zero attached hydrogens (tertiary/aromatic N) is 2. The molecule has 1 atom stereocenters. The third-order valence-corrected chi connectivity index (χ3v) is 6.55. The zero-order valence-electron chi connectivity index (χ0n) is 15.1. The van der Waals surface area contributed by atoms with E-state index in [4.69, 9.17) is 0 Å². The van der Waals surface area contributed by atoms with E-state index in [0.717, 1.165) is 22.6 Å². The summed E-state index contributed by atoms with van der Waals surface area (Å²) < 4.78 is 0. The summed E-state index contributed by atoms with van der Waals surface area (Å²) in [6.07, 6.45) is 0.412. The van der Waals surface area contributed by atoms with Gasteiger partial charge in [-0.05, 0) is 18.6 Å². The maximum atomic E-state index is 13.6. The minimum Gasteiger partial charge on any atom is -0.315 e. The Hall–Kier alpha value is -2.27. The number of hydrogen-bond donors (Lipinski definition) is 0. The standard InChI is InChI=1S/C21H22N2O2S/c1-3-19(24)23-11-12-26-21(23)17-9-4-5-10-18(17)22(20(21)25)14-16-8-6-7-15(2)13-16/h4-10,13H,3,11-12,14H2,1-2H3/t21-/m0/s1. The van der Waals surface area contributed by atoms with Crippen LogP contribution in [-0.4, -0.2) is 29.0 Å². The van der Waals surface area contributed by atoms with Gasteiger partial charge in [0.05, 0.1) is 12.2 Å². The molecule has 134 valence electrons. The highest BCUT2D eigenvalue weighted by Crippen LogP contribution is 2.54. The lowest BCUT2D eigenvalue weighted by Crippen LogP contribution is -2.50. The number of carbonyl (C=O) groups is 2. The second-order valence-corrected chi connectivity index (χ2v) is 8.08. The molecular weight excluding hydrogens is 344 g/mol. The maximum Gasteiger partial charge on any atom is 0.268 e. The van der Waals surface area contributed by atoms with Gasteiger partial charge >= 0.3 is 0 Å². The van der Waals surface area contributed by atoms with E-state index in [1.807, 2.05) is 48.2 Å². The van der Waals surface area contributed by atoms with E-state index in [0.29, 0.717) is 19.5 Å². The molecule has 1 fully saturated rings. The largest absolute Gasteiger partial charge is 0.315 e. The van der Waals surface area contributed by atoms with Crippen molar-refractivity contribution in [2.75, 3.05) is 17.2 Å². The van der Waals surface area contributed by atoms with Gasteiger partial charge in [-0.2, -0.15) is 0 Å². The van der Waals surface area contributed by atoms with Crippen molar-refractivity contribution in [2.45, 2.75) is 31.7 Å². The van der Waals surface area contributed by atoms with E-state index < -0.39 is 4.87 Å². The van der Waals surface area contributed by atoms with Crippen molar-refractivity contribution >= 4 is 29.3 Å². The summed E-state index contributed by atoms with van der Waals surface area (Å²) in [4.78, 5) is 28.9. The predicted molar refractivity (Wildman–Crippen MR) is 105 cm³/mol. The van der Waals surface area contributed by atoms with Crippen LogP contribution in [0.3, 0.4) is 0 Å². The van der Waals surface area contributed by atoms with Gasteiger partial charge in [0, 0.05) is 24.3 Å². The molecule has 0 N–H and O–H groups in total. The summed E-state index contributed by atoms with van der Waals surface area (Å²) in [6, 6.07) is 16.1. The lowest BCUT2D eigenvalue weighted by atomic mass is 10.1.